The molecule has 7 nitrogen and oxygen atoms in total. The highest BCUT2D eigenvalue weighted by molar-refractivity contribution is 5.95. The van der Waals surface area contributed by atoms with Crippen LogP contribution in [0.4, 0.5) is 32.0 Å². The Kier molecular flexibility index (Phi) is 10.9. The van der Waals surface area contributed by atoms with E-state index in [0.717, 1.165) is 62.4 Å². The lowest BCUT2D eigenvalue weighted by atomic mass is 9.97. The smallest absolute Gasteiger partial charge is 0.382 e. The van der Waals surface area contributed by atoms with E-state index in [1.54, 1.807) is 7.11 Å². The molecule has 0 spiro atoms. The molecule has 13 heteroatoms. The second-order valence-corrected chi connectivity index (χ2v) is 12.5. The standard InChI is InChI=1S/C33H42F6N4O3/c1-23-5-6-24(16-30(23)42-7-3-4-8-42)15-28-20-40(9-10-41-13-14-46-29(21-41)22-45-2)11-12-43(28)31(44)25-17-26(32(34,35)36)19-27(18-25)33(37,38)39/h5-6,16-19,28-29H,3-4,7-15,20-22H2,1-2H3/t28-,29+/m1/s1. The first-order valence-corrected chi connectivity index (χ1v) is 15.8. The fourth-order valence-electron chi connectivity index (χ4n) is 6.71. The van der Waals surface area contributed by atoms with Gasteiger partial charge in [-0.2, -0.15) is 26.3 Å². The highest BCUT2D eigenvalue weighted by Gasteiger charge is 2.39. The number of amides is 1. The van der Waals surface area contributed by atoms with Gasteiger partial charge in [0.15, 0.2) is 0 Å². The maximum atomic E-state index is 13.8. The number of carbonyl (C=O) groups is 1. The van der Waals surface area contributed by atoms with E-state index in [1.165, 1.54) is 4.90 Å². The monoisotopic (exact) mass is 656 g/mol. The summed E-state index contributed by atoms with van der Waals surface area (Å²) >= 11 is 0. The summed E-state index contributed by atoms with van der Waals surface area (Å²) in [5.41, 5.74) is -0.387. The van der Waals surface area contributed by atoms with Gasteiger partial charge in [-0.15, -0.1) is 0 Å². The normalized spacial score (nSPS) is 22.1. The minimum absolute atomic E-state index is 0.0126. The molecule has 0 bridgehead atoms. The molecule has 2 atom stereocenters. The van der Waals surface area contributed by atoms with E-state index in [0.29, 0.717) is 51.4 Å². The number of halogens is 6. The number of alkyl halides is 6. The summed E-state index contributed by atoms with van der Waals surface area (Å²) in [4.78, 5) is 22.1. The molecule has 3 saturated heterocycles. The minimum Gasteiger partial charge on any atom is -0.382 e. The van der Waals surface area contributed by atoms with Crippen molar-refractivity contribution in [3.63, 3.8) is 0 Å². The molecule has 0 aromatic heterocycles. The zero-order chi connectivity index (χ0) is 33.1. The molecule has 254 valence electrons. The largest absolute Gasteiger partial charge is 0.416 e. The quantitative estimate of drug-likeness (QED) is 0.340. The average molecular weight is 657 g/mol. The van der Waals surface area contributed by atoms with Gasteiger partial charge in [-0.05, 0) is 61.6 Å². The maximum absolute atomic E-state index is 13.8. The number of methoxy groups -OCH3 is 1. The van der Waals surface area contributed by atoms with Crippen LogP contribution in [0.2, 0.25) is 0 Å². The SMILES string of the molecule is COC[C@@H]1CN(CCN2CCN(C(=O)c3cc(C(F)(F)F)cc(C(F)(F)F)c3)[C@H](Cc3ccc(C)c(N4CCCC4)c3)C2)CCO1. The molecule has 0 N–H and O–H groups in total. The Morgan fingerprint density at radius 3 is 2.15 bits per heavy atom. The fraction of sp³-hybridized carbons (Fsp3) is 0.606. The van der Waals surface area contributed by atoms with Crippen molar-refractivity contribution in [3.8, 4) is 0 Å². The predicted octanol–water partition coefficient (Wildman–Crippen LogP) is 5.35. The number of carbonyl (C=O) groups excluding carboxylic acids is 1. The average Bonchev–Trinajstić information content (AvgIpc) is 3.55. The number of nitrogens with zero attached hydrogens (tertiary/aromatic N) is 4. The van der Waals surface area contributed by atoms with Crippen molar-refractivity contribution in [1.82, 2.24) is 14.7 Å². The second kappa shape index (κ2) is 14.5. The van der Waals surface area contributed by atoms with E-state index < -0.39 is 41.0 Å². The van der Waals surface area contributed by atoms with E-state index in [4.69, 9.17) is 9.47 Å². The molecule has 3 aliphatic heterocycles. The third-order valence-electron chi connectivity index (χ3n) is 9.16. The highest BCUT2D eigenvalue weighted by atomic mass is 19.4. The molecule has 1 amide bonds. The number of morpholine rings is 1. The molecule has 0 aliphatic carbocycles. The summed E-state index contributed by atoms with van der Waals surface area (Å²) < 4.78 is 92.8. The molecule has 2 aromatic rings. The van der Waals surface area contributed by atoms with Gasteiger partial charge in [0.1, 0.15) is 0 Å². The Hall–Kier alpha value is -2.87. The molecular weight excluding hydrogens is 614 g/mol. The number of benzene rings is 2. The number of hydrogen-bond acceptors (Lipinski definition) is 6. The van der Waals surface area contributed by atoms with Crippen LogP contribution in [-0.2, 0) is 28.2 Å². The fourth-order valence-corrected chi connectivity index (χ4v) is 6.71. The summed E-state index contributed by atoms with van der Waals surface area (Å²) in [5, 5.41) is 0. The summed E-state index contributed by atoms with van der Waals surface area (Å²) in [7, 11) is 1.63. The van der Waals surface area contributed by atoms with Gasteiger partial charge in [-0.1, -0.05) is 12.1 Å². The minimum atomic E-state index is -5.04. The van der Waals surface area contributed by atoms with Gasteiger partial charge in [0.2, 0.25) is 0 Å². The summed E-state index contributed by atoms with van der Waals surface area (Å²) in [6, 6.07) is 6.81. The van der Waals surface area contributed by atoms with Gasteiger partial charge in [0.05, 0.1) is 30.4 Å². The van der Waals surface area contributed by atoms with Crippen molar-refractivity contribution in [2.45, 2.75) is 50.7 Å². The molecule has 0 saturated carbocycles. The molecule has 46 heavy (non-hydrogen) atoms. The Bertz CT molecular complexity index is 1310. The van der Waals surface area contributed by atoms with Crippen LogP contribution in [0.3, 0.4) is 0 Å². The molecule has 0 unspecified atom stereocenters. The van der Waals surface area contributed by atoms with Crippen molar-refractivity contribution < 1.29 is 40.6 Å². The van der Waals surface area contributed by atoms with E-state index in [1.807, 2.05) is 19.1 Å². The van der Waals surface area contributed by atoms with Crippen LogP contribution in [-0.4, -0.2) is 112 Å². The van der Waals surface area contributed by atoms with Gasteiger partial charge in [0, 0.05) is 83.3 Å². The van der Waals surface area contributed by atoms with E-state index in [-0.39, 0.29) is 18.7 Å². The number of rotatable bonds is 9. The second-order valence-electron chi connectivity index (χ2n) is 12.5. The Morgan fingerprint density at radius 2 is 1.52 bits per heavy atom. The maximum Gasteiger partial charge on any atom is 0.416 e. The third-order valence-corrected chi connectivity index (χ3v) is 9.16. The first kappa shape index (κ1) is 34.5. The van der Waals surface area contributed by atoms with Crippen LogP contribution < -0.4 is 4.90 Å². The van der Waals surface area contributed by atoms with E-state index in [9.17, 15) is 31.1 Å². The molecular formula is C33H42F6N4O3. The zero-order valence-electron chi connectivity index (χ0n) is 26.3. The number of hydrogen-bond donors (Lipinski definition) is 0. The number of anilines is 1. The van der Waals surface area contributed by atoms with Crippen LogP contribution in [0.15, 0.2) is 36.4 Å². The molecule has 5 rings (SSSR count). The Balaban J connectivity index is 1.39. The van der Waals surface area contributed by atoms with Crippen molar-refractivity contribution in [2.24, 2.45) is 0 Å². The lowest BCUT2D eigenvalue weighted by Crippen LogP contribution is -2.57. The van der Waals surface area contributed by atoms with Crippen LogP contribution in [0.1, 0.15) is 45.5 Å². The number of piperazine rings is 1. The van der Waals surface area contributed by atoms with Crippen molar-refractivity contribution in [1.29, 1.82) is 0 Å². The molecule has 0 radical (unpaired) electrons. The highest BCUT2D eigenvalue weighted by Crippen LogP contribution is 2.37. The van der Waals surface area contributed by atoms with Crippen LogP contribution >= 0.6 is 0 Å². The molecule has 3 aliphatic rings. The van der Waals surface area contributed by atoms with Gasteiger partial charge < -0.3 is 19.3 Å². The molecule has 3 fully saturated rings. The number of ether oxygens (including phenoxy) is 2. The van der Waals surface area contributed by atoms with E-state index in [2.05, 4.69) is 20.8 Å². The van der Waals surface area contributed by atoms with Gasteiger partial charge in [0.25, 0.3) is 5.91 Å². The first-order chi connectivity index (χ1) is 21.8. The number of aryl methyl sites for hydroxylation is 1. The predicted molar refractivity (Wildman–Crippen MR) is 162 cm³/mol. The Labute approximate surface area is 266 Å². The summed E-state index contributed by atoms with van der Waals surface area (Å²) in [5.74, 6) is -0.830. The van der Waals surface area contributed by atoms with Gasteiger partial charge >= 0.3 is 12.4 Å². The zero-order valence-corrected chi connectivity index (χ0v) is 26.3. The van der Waals surface area contributed by atoms with Crippen LogP contribution in [0.25, 0.3) is 0 Å². The topological polar surface area (TPSA) is 48.5 Å². The molecule has 3 heterocycles. The van der Waals surface area contributed by atoms with Gasteiger partial charge in [-0.25, -0.2) is 0 Å². The third kappa shape index (κ3) is 8.53. The van der Waals surface area contributed by atoms with E-state index >= 15 is 0 Å². The van der Waals surface area contributed by atoms with Gasteiger partial charge in [-0.3, -0.25) is 14.6 Å². The van der Waals surface area contributed by atoms with Crippen LogP contribution in [0, 0.1) is 6.92 Å². The summed E-state index contributed by atoms with van der Waals surface area (Å²) in [6.07, 6.45) is -7.46. The lowest BCUT2D eigenvalue weighted by molar-refractivity contribution is -0.143. The summed E-state index contributed by atoms with van der Waals surface area (Å²) in [6.45, 7) is 9.10. The lowest BCUT2D eigenvalue weighted by Gasteiger charge is -2.43. The van der Waals surface area contributed by atoms with Crippen molar-refractivity contribution in [3.05, 3.63) is 64.2 Å². The van der Waals surface area contributed by atoms with Crippen molar-refractivity contribution in [2.75, 3.05) is 84.1 Å². The Morgan fingerprint density at radius 1 is 0.870 bits per heavy atom. The first-order valence-electron chi connectivity index (χ1n) is 15.8. The molecule has 2 aromatic carbocycles. The van der Waals surface area contributed by atoms with Crippen LogP contribution in [0.5, 0.6) is 0 Å². The van der Waals surface area contributed by atoms with Crippen molar-refractivity contribution >= 4 is 11.6 Å².